The van der Waals surface area contributed by atoms with Gasteiger partial charge in [-0.3, -0.25) is 0 Å². The number of anilines is 1. The van der Waals surface area contributed by atoms with Gasteiger partial charge >= 0.3 is 0 Å². The van der Waals surface area contributed by atoms with Crippen LogP contribution in [0, 0.1) is 5.92 Å². The lowest BCUT2D eigenvalue weighted by atomic mass is 9.72. The van der Waals surface area contributed by atoms with Crippen molar-refractivity contribution in [2.75, 3.05) is 11.9 Å². The first-order valence-electron chi connectivity index (χ1n) is 5.61. The minimum Gasteiger partial charge on any atom is -0.376 e. The minimum atomic E-state index is 0.119. The van der Waals surface area contributed by atoms with E-state index >= 15 is 0 Å². The van der Waals surface area contributed by atoms with Gasteiger partial charge in [0.15, 0.2) is 0 Å². The van der Waals surface area contributed by atoms with Gasteiger partial charge in [-0.1, -0.05) is 11.6 Å². The molecule has 0 bridgehead atoms. The highest BCUT2D eigenvalue weighted by atomic mass is 79.9. The van der Waals surface area contributed by atoms with Crippen LogP contribution in [-0.4, -0.2) is 29.8 Å². The minimum absolute atomic E-state index is 0.119. The molecule has 17 heavy (non-hydrogen) atoms. The Bertz CT molecular complexity index is 445. The standard InChI is InChI=1S/C11H13BrClN3O/c12-5-3-7(13)11(15-4-5)16-9-8(14)6-1-2-17-10(6)9/h3-4,6,8-10H,1-2,14H2,(H,15,16). The summed E-state index contributed by atoms with van der Waals surface area (Å²) in [6.45, 7) is 0.808. The van der Waals surface area contributed by atoms with Crippen molar-refractivity contribution in [1.82, 2.24) is 4.98 Å². The summed E-state index contributed by atoms with van der Waals surface area (Å²) >= 11 is 9.44. The van der Waals surface area contributed by atoms with Crippen molar-refractivity contribution >= 4 is 33.3 Å². The molecule has 0 radical (unpaired) electrons. The van der Waals surface area contributed by atoms with E-state index in [1.165, 1.54) is 0 Å². The van der Waals surface area contributed by atoms with Gasteiger partial charge in [-0.25, -0.2) is 4.98 Å². The topological polar surface area (TPSA) is 60.2 Å². The summed E-state index contributed by atoms with van der Waals surface area (Å²) in [5.74, 6) is 1.16. The highest BCUT2D eigenvalue weighted by Gasteiger charge is 2.52. The summed E-state index contributed by atoms with van der Waals surface area (Å²) in [6.07, 6.45) is 2.99. The first kappa shape index (κ1) is 11.7. The van der Waals surface area contributed by atoms with E-state index in [0.29, 0.717) is 16.8 Å². The van der Waals surface area contributed by atoms with Crippen LogP contribution in [-0.2, 0) is 4.74 Å². The number of nitrogens with zero attached hydrogens (tertiary/aromatic N) is 1. The average molecular weight is 319 g/mol. The summed E-state index contributed by atoms with van der Waals surface area (Å²) in [5.41, 5.74) is 6.11. The van der Waals surface area contributed by atoms with Crippen molar-refractivity contribution in [3.05, 3.63) is 21.8 Å². The van der Waals surface area contributed by atoms with E-state index in [2.05, 4.69) is 26.2 Å². The highest BCUT2D eigenvalue weighted by molar-refractivity contribution is 9.10. The molecule has 1 aromatic rings. The van der Waals surface area contributed by atoms with Crippen LogP contribution in [0.1, 0.15) is 6.42 Å². The lowest BCUT2D eigenvalue weighted by Crippen LogP contribution is -2.65. The first-order chi connectivity index (χ1) is 8.16. The number of nitrogens with one attached hydrogen (secondary N) is 1. The maximum absolute atomic E-state index is 6.11. The Morgan fingerprint density at radius 3 is 3.18 bits per heavy atom. The van der Waals surface area contributed by atoms with Gasteiger partial charge in [0.25, 0.3) is 0 Å². The third-order valence-electron chi connectivity index (χ3n) is 3.56. The molecule has 6 heteroatoms. The SMILES string of the molecule is NC1C2CCOC2C1Nc1ncc(Br)cc1Cl. The molecule has 1 aliphatic carbocycles. The maximum Gasteiger partial charge on any atom is 0.145 e. The lowest BCUT2D eigenvalue weighted by Gasteiger charge is -2.45. The second-order valence-electron chi connectivity index (χ2n) is 4.52. The van der Waals surface area contributed by atoms with Crippen LogP contribution in [0.5, 0.6) is 0 Å². The third-order valence-corrected chi connectivity index (χ3v) is 4.28. The van der Waals surface area contributed by atoms with Crippen molar-refractivity contribution in [3.8, 4) is 0 Å². The van der Waals surface area contributed by atoms with E-state index in [9.17, 15) is 0 Å². The van der Waals surface area contributed by atoms with Gasteiger partial charge in [-0.15, -0.1) is 0 Å². The van der Waals surface area contributed by atoms with Crippen molar-refractivity contribution < 1.29 is 4.74 Å². The molecule has 4 unspecified atom stereocenters. The molecule has 1 aromatic heterocycles. The van der Waals surface area contributed by atoms with Crippen LogP contribution in [0.4, 0.5) is 5.82 Å². The monoisotopic (exact) mass is 317 g/mol. The summed E-state index contributed by atoms with van der Waals surface area (Å²) in [5, 5.41) is 3.87. The van der Waals surface area contributed by atoms with Crippen molar-refractivity contribution in [2.45, 2.75) is 24.6 Å². The molecule has 92 valence electrons. The summed E-state index contributed by atoms with van der Waals surface area (Å²) in [6, 6.07) is 2.06. The summed E-state index contributed by atoms with van der Waals surface area (Å²) < 4.78 is 6.51. The smallest absolute Gasteiger partial charge is 0.145 e. The summed E-state index contributed by atoms with van der Waals surface area (Å²) in [4.78, 5) is 4.25. The zero-order valence-electron chi connectivity index (χ0n) is 9.07. The number of fused-ring (bicyclic) bond motifs is 1. The van der Waals surface area contributed by atoms with Crippen LogP contribution in [0.15, 0.2) is 16.7 Å². The van der Waals surface area contributed by atoms with Gasteiger partial charge in [0.05, 0.1) is 17.2 Å². The molecule has 1 saturated heterocycles. The fourth-order valence-electron chi connectivity index (χ4n) is 2.61. The van der Waals surface area contributed by atoms with Crippen LogP contribution < -0.4 is 11.1 Å². The van der Waals surface area contributed by atoms with Gasteiger partial charge in [-0.05, 0) is 28.4 Å². The van der Waals surface area contributed by atoms with Gasteiger partial charge in [0, 0.05) is 29.2 Å². The number of nitrogens with two attached hydrogens (primary N) is 1. The Balaban J connectivity index is 1.75. The number of hydrogen-bond acceptors (Lipinski definition) is 4. The fraction of sp³-hybridized carbons (Fsp3) is 0.545. The van der Waals surface area contributed by atoms with Crippen LogP contribution >= 0.6 is 27.5 Å². The predicted molar refractivity (Wildman–Crippen MR) is 70.2 cm³/mol. The second kappa shape index (κ2) is 4.39. The molecular formula is C11H13BrClN3O. The Kier molecular flexibility index (Phi) is 3.02. The number of ether oxygens (including phenoxy) is 1. The molecule has 1 saturated carbocycles. The van der Waals surface area contributed by atoms with Crippen molar-refractivity contribution in [3.63, 3.8) is 0 Å². The number of aromatic nitrogens is 1. The quantitative estimate of drug-likeness (QED) is 0.876. The van der Waals surface area contributed by atoms with E-state index in [1.807, 2.05) is 6.07 Å². The number of halogens is 2. The predicted octanol–water partition coefficient (Wildman–Crippen LogP) is 2.02. The molecule has 3 rings (SSSR count). The van der Waals surface area contributed by atoms with Crippen LogP contribution in [0.3, 0.4) is 0 Å². The second-order valence-corrected chi connectivity index (χ2v) is 5.84. The Hall–Kier alpha value is -0.360. The average Bonchev–Trinajstić information content (AvgIpc) is 2.72. The number of hydrogen-bond donors (Lipinski definition) is 2. The van der Waals surface area contributed by atoms with Gasteiger partial charge in [0.1, 0.15) is 5.82 Å². The highest BCUT2D eigenvalue weighted by Crippen LogP contribution is 2.39. The first-order valence-corrected chi connectivity index (χ1v) is 6.78. The van der Waals surface area contributed by atoms with E-state index in [-0.39, 0.29) is 18.2 Å². The fourth-order valence-corrected chi connectivity index (χ4v) is 3.29. The molecule has 0 amide bonds. The number of pyridine rings is 1. The normalized spacial score (nSPS) is 35.2. The molecular weight excluding hydrogens is 305 g/mol. The Labute approximate surface area is 113 Å². The van der Waals surface area contributed by atoms with Crippen molar-refractivity contribution in [2.24, 2.45) is 11.7 Å². The molecule has 2 aliphatic rings. The van der Waals surface area contributed by atoms with E-state index in [4.69, 9.17) is 22.1 Å². The zero-order chi connectivity index (χ0) is 12.0. The van der Waals surface area contributed by atoms with E-state index < -0.39 is 0 Å². The molecule has 0 aromatic carbocycles. The Morgan fingerprint density at radius 1 is 1.59 bits per heavy atom. The molecule has 3 N–H and O–H groups in total. The van der Waals surface area contributed by atoms with Gasteiger partial charge < -0.3 is 15.8 Å². The molecule has 4 nitrogen and oxygen atoms in total. The number of rotatable bonds is 2. The largest absolute Gasteiger partial charge is 0.376 e. The lowest BCUT2D eigenvalue weighted by molar-refractivity contribution is 0.00524. The molecule has 2 heterocycles. The summed E-state index contributed by atoms with van der Waals surface area (Å²) in [7, 11) is 0. The Morgan fingerprint density at radius 2 is 2.41 bits per heavy atom. The third kappa shape index (κ3) is 1.95. The van der Waals surface area contributed by atoms with E-state index in [0.717, 1.165) is 17.5 Å². The molecule has 2 fully saturated rings. The zero-order valence-corrected chi connectivity index (χ0v) is 11.4. The molecule has 4 atom stereocenters. The van der Waals surface area contributed by atoms with Gasteiger partial charge in [-0.2, -0.15) is 0 Å². The maximum atomic E-state index is 6.11. The molecule has 0 spiro atoms. The molecule has 1 aliphatic heterocycles. The van der Waals surface area contributed by atoms with Crippen molar-refractivity contribution in [1.29, 1.82) is 0 Å². The van der Waals surface area contributed by atoms with Crippen LogP contribution in [0.25, 0.3) is 0 Å². The van der Waals surface area contributed by atoms with Crippen LogP contribution in [0.2, 0.25) is 5.02 Å². The van der Waals surface area contributed by atoms with Gasteiger partial charge in [0.2, 0.25) is 0 Å². The van der Waals surface area contributed by atoms with E-state index in [1.54, 1.807) is 6.20 Å².